The summed E-state index contributed by atoms with van der Waals surface area (Å²) in [7, 11) is 0. The SMILES string of the molecule is CC(Cc1ccc(Cl)cc1)NC1Cc2ccc(Cl)cc2C1. The van der Waals surface area contributed by atoms with Gasteiger partial charge in [0.05, 0.1) is 0 Å². The molecule has 0 heterocycles. The van der Waals surface area contributed by atoms with Gasteiger partial charge in [-0.15, -0.1) is 0 Å². The van der Waals surface area contributed by atoms with Crippen molar-refractivity contribution < 1.29 is 0 Å². The van der Waals surface area contributed by atoms with Crippen molar-refractivity contribution in [2.45, 2.75) is 38.3 Å². The van der Waals surface area contributed by atoms with Crippen molar-refractivity contribution in [3.8, 4) is 0 Å². The van der Waals surface area contributed by atoms with Gasteiger partial charge in [-0.25, -0.2) is 0 Å². The first-order valence-electron chi connectivity index (χ1n) is 7.38. The fraction of sp³-hybridized carbons (Fsp3) is 0.333. The first-order valence-corrected chi connectivity index (χ1v) is 8.13. The minimum atomic E-state index is 0.445. The van der Waals surface area contributed by atoms with Crippen LogP contribution in [0, 0.1) is 0 Å². The van der Waals surface area contributed by atoms with E-state index in [0.29, 0.717) is 12.1 Å². The minimum Gasteiger partial charge on any atom is -0.311 e. The Hall–Kier alpha value is -1.02. The predicted octanol–water partition coefficient (Wildman–Crippen LogP) is 4.68. The smallest absolute Gasteiger partial charge is 0.0408 e. The van der Waals surface area contributed by atoms with Crippen LogP contribution in [-0.2, 0) is 19.3 Å². The lowest BCUT2D eigenvalue weighted by Gasteiger charge is -2.19. The van der Waals surface area contributed by atoms with E-state index in [4.69, 9.17) is 23.2 Å². The standard InChI is InChI=1S/C18H19Cl2N/c1-12(8-13-2-5-16(19)6-3-13)21-18-10-14-4-7-17(20)9-15(14)11-18/h2-7,9,12,18,21H,8,10-11H2,1H3. The third-order valence-corrected chi connectivity index (χ3v) is 4.56. The zero-order chi connectivity index (χ0) is 14.8. The van der Waals surface area contributed by atoms with Gasteiger partial charge in [0.15, 0.2) is 0 Å². The molecular weight excluding hydrogens is 301 g/mol. The summed E-state index contributed by atoms with van der Waals surface area (Å²) < 4.78 is 0. The summed E-state index contributed by atoms with van der Waals surface area (Å²) in [5.41, 5.74) is 4.13. The molecule has 1 N–H and O–H groups in total. The van der Waals surface area contributed by atoms with Crippen LogP contribution in [0.15, 0.2) is 42.5 Å². The molecule has 0 fully saturated rings. The average Bonchev–Trinajstić information content (AvgIpc) is 2.82. The van der Waals surface area contributed by atoms with Crippen LogP contribution in [-0.4, -0.2) is 12.1 Å². The maximum atomic E-state index is 6.07. The van der Waals surface area contributed by atoms with Crippen molar-refractivity contribution in [3.63, 3.8) is 0 Å². The second-order valence-electron chi connectivity index (χ2n) is 5.92. The second-order valence-corrected chi connectivity index (χ2v) is 6.79. The lowest BCUT2D eigenvalue weighted by Crippen LogP contribution is -2.38. The monoisotopic (exact) mass is 319 g/mol. The Labute approximate surface area is 136 Å². The van der Waals surface area contributed by atoms with Crippen LogP contribution in [0.4, 0.5) is 0 Å². The summed E-state index contributed by atoms with van der Waals surface area (Å²) in [4.78, 5) is 0. The zero-order valence-corrected chi connectivity index (χ0v) is 13.6. The van der Waals surface area contributed by atoms with E-state index in [2.05, 4.69) is 36.5 Å². The summed E-state index contributed by atoms with van der Waals surface area (Å²) in [6.45, 7) is 2.24. The van der Waals surface area contributed by atoms with Crippen LogP contribution in [0.5, 0.6) is 0 Å². The molecule has 0 bridgehead atoms. The molecule has 2 aromatic carbocycles. The quantitative estimate of drug-likeness (QED) is 0.862. The fourth-order valence-corrected chi connectivity index (χ4v) is 3.46. The third-order valence-electron chi connectivity index (χ3n) is 4.08. The van der Waals surface area contributed by atoms with E-state index >= 15 is 0 Å². The lowest BCUT2D eigenvalue weighted by atomic mass is 10.1. The van der Waals surface area contributed by atoms with E-state index in [1.807, 2.05) is 18.2 Å². The largest absolute Gasteiger partial charge is 0.311 e. The van der Waals surface area contributed by atoms with Crippen molar-refractivity contribution in [2.24, 2.45) is 0 Å². The first kappa shape index (κ1) is 14.9. The van der Waals surface area contributed by atoms with Crippen LogP contribution >= 0.6 is 23.2 Å². The van der Waals surface area contributed by atoms with Gasteiger partial charge < -0.3 is 5.32 Å². The van der Waals surface area contributed by atoms with Gasteiger partial charge in [0, 0.05) is 22.1 Å². The van der Waals surface area contributed by atoms with E-state index < -0.39 is 0 Å². The van der Waals surface area contributed by atoms with Gasteiger partial charge in [0.25, 0.3) is 0 Å². The summed E-state index contributed by atoms with van der Waals surface area (Å²) in [6.07, 6.45) is 3.18. The van der Waals surface area contributed by atoms with E-state index in [1.165, 1.54) is 16.7 Å². The molecular formula is C18H19Cl2N. The first-order chi connectivity index (χ1) is 10.1. The maximum Gasteiger partial charge on any atom is 0.0408 e. The Morgan fingerprint density at radius 3 is 2.43 bits per heavy atom. The van der Waals surface area contributed by atoms with Crippen molar-refractivity contribution in [1.29, 1.82) is 0 Å². The Balaban J connectivity index is 1.57. The Kier molecular flexibility index (Phi) is 4.54. The third kappa shape index (κ3) is 3.79. The van der Waals surface area contributed by atoms with E-state index in [9.17, 15) is 0 Å². The van der Waals surface area contributed by atoms with Gasteiger partial charge in [-0.3, -0.25) is 0 Å². The molecule has 3 heteroatoms. The molecule has 0 aliphatic heterocycles. The van der Waals surface area contributed by atoms with Crippen LogP contribution in [0.2, 0.25) is 10.0 Å². The number of hydrogen-bond acceptors (Lipinski definition) is 1. The van der Waals surface area contributed by atoms with Gasteiger partial charge in [-0.1, -0.05) is 41.4 Å². The van der Waals surface area contributed by atoms with Crippen molar-refractivity contribution in [2.75, 3.05) is 0 Å². The molecule has 1 nitrogen and oxygen atoms in total. The van der Waals surface area contributed by atoms with Gasteiger partial charge in [0.2, 0.25) is 0 Å². The average molecular weight is 320 g/mol. The van der Waals surface area contributed by atoms with Crippen LogP contribution in [0.1, 0.15) is 23.6 Å². The molecule has 3 rings (SSSR count). The maximum absolute atomic E-state index is 6.07. The highest BCUT2D eigenvalue weighted by atomic mass is 35.5. The summed E-state index contributed by atoms with van der Waals surface area (Å²) in [5, 5.41) is 5.36. The molecule has 0 saturated heterocycles. The molecule has 110 valence electrons. The van der Waals surface area contributed by atoms with Crippen molar-refractivity contribution >= 4 is 23.2 Å². The van der Waals surface area contributed by atoms with E-state index in [0.717, 1.165) is 29.3 Å². The minimum absolute atomic E-state index is 0.445. The molecule has 0 radical (unpaired) electrons. The topological polar surface area (TPSA) is 12.0 Å². The highest BCUT2D eigenvalue weighted by Crippen LogP contribution is 2.25. The second kappa shape index (κ2) is 6.39. The molecule has 0 saturated carbocycles. The Bertz CT molecular complexity index is 622. The molecule has 21 heavy (non-hydrogen) atoms. The zero-order valence-electron chi connectivity index (χ0n) is 12.1. The number of halogens is 2. The molecule has 2 unspecified atom stereocenters. The Morgan fingerprint density at radius 2 is 1.67 bits per heavy atom. The van der Waals surface area contributed by atoms with Crippen molar-refractivity contribution in [3.05, 3.63) is 69.2 Å². The number of nitrogens with one attached hydrogen (secondary N) is 1. The summed E-state index contributed by atoms with van der Waals surface area (Å²) in [6, 6.07) is 15.3. The molecule has 0 aromatic heterocycles. The summed E-state index contributed by atoms with van der Waals surface area (Å²) >= 11 is 12.0. The predicted molar refractivity (Wildman–Crippen MR) is 90.4 cm³/mol. The van der Waals surface area contributed by atoms with Crippen LogP contribution < -0.4 is 5.32 Å². The molecule has 2 atom stereocenters. The van der Waals surface area contributed by atoms with E-state index in [-0.39, 0.29) is 0 Å². The Morgan fingerprint density at radius 1 is 1.00 bits per heavy atom. The van der Waals surface area contributed by atoms with Crippen molar-refractivity contribution in [1.82, 2.24) is 5.32 Å². The molecule has 1 aliphatic rings. The number of rotatable bonds is 4. The van der Waals surface area contributed by atoms with Gasteiger partial charge in [-0.2, -0.15) is 0 Å². The summed E-state index contributed by atoms with van der Waals surface area (Å²) in [5.74, 6) is 0. The highest BCUT2D eigenvalue weighted by molar-refractivity contribution is 6.30. The van der Waals surface area contributed by atoms with Gasteiger partial charge in [-0.05, 0) is 67.1 Å². The lowest BCUT2D eigenvalue weighted by molar-refractivity contribution is 0.454. The number of benzene rings is 2. The fourth-order valence-electron chi connectivity index (χ4n) is 3.14. The molecule has 1 aliphatic carbocycles. The molecule has 2 aromatic rings. The van der Waals surface area contributed by atoms with Crippen LogP contribution in [0.3, 0.4) is 0 Å². The van der Waals surface area contributed by atoms with Gasteiger partial charge in [0.1, 0.15) is 0 Å². The molecule has 0 amide bonds. The van der Waals surface area contributed by atoms with E-state index in [1.54, 1.807) is 0 Å². The van der Waals surface area contributed by atoms with Gasteiger partial charge >= 0.3 is 0 Å². The highest BCUT2D eigenvalue weighted by Gasteiger charge is 2.22. The number of fused-ring (bicyclic) bond motifs is 1. The van der Waals surface area contributed by atoms with Crippen LogP contribution in [0.25, 0.3) is 0 Å². The molecule has 0 spiro atoms. The normalized spacial score (nSPS) is 18.5. The number of hydrogen-bond donors (Lipinski definition) is 1.